The van der Waals surface area contributed by atoms with E-state index in [0.29, 0.717) is 9.77 Å². The third-order valence-electron chi connectivity index (χ3n) is 1.12. The van der Waals surface area contributed by atoms with Crippen LogP contribution in [0.5, 0.6) is 0 Å². The standard InChI is InChI=1S/C7H5NO2S2/c8-2-4-11-5-1-3-12-6(5)7(9)10/h1,3H,4H2,(H,9,10). The normalized spacial score (nSPS) is 9.25. The van der Waals surface area contributed by atoms with E-state index in [2.05, 4.69) is 0 Å². The number of carboxylic acid groups (broad SMARTS) is 1. The fourth-order valence-electron chi connectivity index (χ4n) is 0.677. The molecule has 1 aromatic rings. The van der Waals surface area contributed by atoms with E-state index in [0.717, 1.165) is 0 Å². The summed E-state index contributed by atoms with van der Waals surface area (Å²) in [6.45, 7) is 0. The number of carbonyl (C=O) groups is 1. The molecule has 0 fully saturated rings. The summed E-state index contributed by atoms with van der Waals surface area (Å²) in [6, 6.07) is 3.67. The fourth-order valence-corrected chi connectivity index (χ4v) is 2.31. The summed E-state index contributed by atoms with van der Waals surface area (Å²) in [5.41, 5.74) is 0. The quantitative estimate of drug-likeness (QED) is 0.757. The van der Waals surface area contributed by atoms with Gasteiger partial charge in [-0.2, -0.15) is 5.26 Å². The summed E-state index contributed by atoms with van der Waals surface area (Å²) in [5, 5.41) is 18.7. The molecule has 0 unspecified atom stereocenters. The van der Waals surface area contributed by atoms with E-state index < -0.39 is 5.97 Å². The molecule has 0 atom stereocenters. The van der Waals surface area contributed by atoms with E-state index in [1.54, 1.807) is 11.4 Å². The lowest BCUT2D eigenvalue weighted by atomic mass is 10.5. The van der Waals surface area contributed by atoms with Crippen LogP contribution < -0.4 is 0 Å². The van der Waals surface area contributed by atoms with Crippen molar-refractivity contribution in [2.24, 2.45) is 0 Å². The van der Waals surface area contributed by atoms with Gasteiger partial charge in [-0.1, -0.05) is 0 Å². The maximum atomic E-state index is 10.6. The van der Waals surface area contributed by atoms with Gasteiger partial charge in [-0.3, -0.25) is 0 Å². The molecular formula is C7H5NO2S2. The molecule has 0 aliphatic carbocycles. The zero-order valence-electron chi connectivity index (χ0n) is 5.98. The Bertz CT molecular complexity index is 326. The number of rotatable bonds is 3. The summed E-state index contributed by atoms with van der Waals surface area (Å²) < 4.78 is 0. The molecule has 0 aliphatic heterocycles. The summed E-state index contributed by atoms with van der Waals surface area (Å²) >= 11 is 2.43. The Balaban J connectivity index is 2.79. The van der Waals surface area contributed by atoms with E-state index in [9.17, 15) is 4.79 Å². The number of thioether (sulfide) groups is 1. The second kappa shape index (κ2) is 4.14. The first kappa shape index (κ1) is 9.10. The van der Waals surface area contributed by atoms with Gasteiger partial charge in [0.25, 0.3) is 0 Å². The highest BCUT2D eigenvalue weighted by Crippen LogP contribution is 2.26. The number of nitrogens with zero attached hydrogens (tertiary/aromatic N) is 1. The van der Waals surface area contributed by atoms with Crippen molar-refractivity contribution in [3.63, 3.8) is 0 Å². The molecule has 1 heterocycles. The molecule has 0 bridgehead atoms. The molecule has 0 aliphatic rings. The minimum atomic E-state index is -0.926. The SMILES string of the molecule is N#CCSc1ccsc1C(=O)O. The zero-order chi connectivity index (χ0) is 8.97. The Morgan fingerprint density at radius 3 is 3.17 bits per heavy atom. The van der Waals surface area contributed by atoms with E-state index in [-0.39, 0.29) is 5.75 Å². The highest BCUT2D eigenvalue weighted by atomic mass is 32.2. The fraction of sp³-hybridized carbons (Fsp3) is 0.143. The molecule has 0 saturated heterocycles. The number of thiophene rings is 1. The van der Waals surface area contributed by atoms with Crippen molar-refractivity contribution in [1.29, 1.82) is 5.26 Å². The lowest BCUT2D eigenvalue weighted by Gasteiger charge is -1.93. The Labute approximate surface area is 77.6 Å². The van der Waals surface area contributed by atoms with Gasteiger partial charge in [-0.25, -0.2) is 4.79 Å². The Morgan fingerprint density at radius 2 is 2.58 bits per heavy atom. The first-order chi connectivity index (χ1) is 5.75. The molecule has 0 saturated carbocycles. The highest BCUT2D eigenvalue weighted by Gasteiger charge is 2.10. The summed E-state index contributed by atoms with van der Waals surface area (Å²) in [7, 11) is 0. The van der Waals surface area contributed by atoms with Crippen LogP contribution in [0.3, 0.4) is 0 Å². The predicted molar refractivity (Wildman–Crippen MR) is 47.6 cm³/mol. The topological polar surface area (TPSA) is 61.1 Å². The van der Waals surface area contributed by atoms with Crippen LogP contribution in [0.25, 0.3) is 0 Å². The van der Waals surface area contributed by atoms with E-state index in [1.165, 1.54) is 23.1 Å². The number of hydrogen-bond acceptors (Lipinski definition) is 4. The molecule has 0 aromatic carbocycles. The van der Waals surface area contributed by atoms with Crippen molar-refractivity contribution in [3.05, 3.63) is 16.3 Å². The van der Waals surface area contributed by atoms with Crippen molar-refractivity contribution >= 4 is 29.1 Å². The van der Waals surface area contributed by atoms with E-state index >= 15 is 0 Å². The first-order valence-electron chi connectivity index (χ1n) is 3.06. The number of aromatic carboxylic acids is 1. The highest BCUT2D eigenvalue weighted by molar-refractivity contribution is 7.99. The van der Waals surface area contributed by atoms with Crippen molar-refractivity contribution in [3.8, 4) is 6.07 Å². The molecule has 62 valence electrons. The van der Waals surface area contributed by atoms with Gasteiger partial charge in [-0.05, 0) is 11.4 Å². The third kappa shape index (κ3) is 2.00. The minimum absolute atomic E-state index is 0.289. The van der Waals surface area contributed by atoms with Crippen molar-refractivity contribution < 1.29 is 9.90 Å². The maximum absolute atomic E-state index is 10.6. The molecule has 1 rings (SSSR count). The van der Waals surface area contributed by atoms with Crippen LogP contribution in [0.2, 0.25) is 0 Å². The van der Waals surface area contributed by atoms with Gasteiger partial charge in [0, 0.05) is 4.90 Å². The second-order valence-corrected chi connectivity index (χ2v) is 3.80. The lowest BCUT2D eigenvalue weighted by Crippen LogP contribution is -1.93. The van der Waals surface area contributed by atoms with Crippen LogP contribution in [-0.4, -0.2) is 16.8 Å². The van der Waals surface area contributed by atoms with E-state index in [4.69, 9.17) is 10.4 Å². The molecule has 1 N–H and O–H groups in total. The number of hydrogen-bond donors (Lipinski definition) is 1. The van der Waals surface area contributed by atoms with Gasteiger partial charge >= 0.3 is 5.97 Å². The van der Waals surface area contributed by atoms with Crippen molar-refractivity contribution in [2.45, 2.75) is 4.90 Å². The van der Waals surface area contributed by atoms with Crippen LogP contribution in [0.4, 0.5) is 0 Å². The first-order valence-corrected chi connectivity index (χ1v) is 4.92. The molecule has 1 aromatic heterocycles. The second-order valence-electron chi connectivity index (χ2n) is 1.87. The molecule has 0 radical (unpaired) electrons. The predicted octanol–water partition coefficient (Wildman–Crippen LogP) is 2.06. The number of nitriles is 1. The summed E-state index contributed by atoms with van der Waals surface area (Å²) in [4.78, 5) is 11.6. The minimum Gasteiger partial charge on any atom is -0.477 e. The van der Waals surface area contributed by atoms with Gasteiger partial charge in [-0.15, -0.1) is 23.1 Å². The zero-order valence-corrected chi connectivity index (χ0v) is 7.61. The molecule has 0 amide bonds. The summed E-state index contributed by atoms with van der Waals surface area (Å²) in [5.74, 6) is -0.637. The Kier molecular flexibility index (Phi) is 3.14. The van der Waals surface area contributed by atoms with Crippen LogP contribution in [0.1, 0.15) is 9.67 Å². The lowest BCUT2D eigenvalue weighted by molar-refractivity contribution is 0.0699. The van der Waals surface area contributed by atoms with Crippen LogP contribution in [-0.2, 0) is 0 Å². The van der Waals surface area contributed by atoms with Crippen LogP contribution in [0.15, 0.2) is 16.3 Å². The molecule has 3 nitrogen and oxygen atoms in total. The Hall–Kier alpha value is -0.990. The molecular weight excluding hydrogens is 194 g/mol. The summed E-state index contributed by atoms with van der Waals surface area (Å²) in [6.07, 6.45) is 0. The monoisotopic (exact) mass is 199 g/mol. The molecule has 12 heavy (non-hydrogen) atoms. The number of carboxylic acids is 1. The smallest absolute Gasteiger partial charge is 0.347 e. The van der Waals surface area contributed by atoms with Crippen LogP contribution >= 0.6 is 23.1 Å². The van der Waals surface area contributed by atoms with Gasteiger partial charge in [0.1, 0.15) is 4.88 Å². The van der Waals surface area contributed by atoms with Gasteiger partial charge in [0.15, 0.2) is 0 Å². The average Bonchev–Trinajstić information content (AvgIpc) is 2.48. The Morgan fingerprint density at radius 1 is 1.83 bits per heavy atom. The van der Waals surface area contributed by atoms with Gasteiger partial charge < -0.3 is 5.11 Å². The molecule has 0 spiro atoms. The maximum Gasteiger partial charge on any atom is 0.347 e. The van der Waals surface area contributed by atoms with Crippen molar-refractivity contribution in [1.82, 2.24) is 0 Å². The van der Waals surface area contributed by atoms with Crippen LogP contribution in [0, 0.1) is 11.3 Å². The molecule has 5 heteroatoms. The van der Waals surface area contributed by atoms with Crippen molar-refractivity contribution in [2.75, 3.05) is 5.75 Å². The third-order valence-corrected chi connectivity index (χ3v) is 3.07. The van der Waals surface area contributed by atoms with Gasteiger partial charge in [0.05, 0.1) is 11.8 Å². The largest absolute Gasteiger partial charge is 0.477 e. The average molecular weight is 199 g/mol. The van der Waals surface area contributed by atoms with Gasteiger partial charge in [0.2, 0.25) is 0 Å². The van der Waals surface area contributed by atoms with E-state index in [1.807, 2.05) is 6.07 Å².